The van der Waals surface area contributed by atoms with Crippen molar-refractivity contribution < 1.29 is 52.7 Å². The van der Waals surface area contributed by atoms with Gasteiger partial charge in [-0.05, 0) is 138 Å². The number of amides is 1. The van der Waals surface area contributed by atoms with Gasteiger partial charge in [0.15, 0.2) is 0 Å². The predicted molar refractivity (Wildman–Crippen MR) is 257 cm³/mol. The molecule has 0 radical (unpaired) electrons. The predicted octanol–water partition coefficient (Wildman–Crippen LogP) is 8.95. The third kappa shape index (κ3) is 12.3. The quantitative estimate of drug-likeness (QED) is 0.138. The summed E-state index contributed by atoms with van der Waals surface area (Å²) in [5.74, 6) is -5.34. The van der Waals surface area contributed by atoms with Crippen molar-refractivity contribution in [3.63, 3.8) is 0 Å². The Labute approximate surface area is 399 Å². The lowest BCUT2D eigenvalue weighted by atomic mass is 9.82. The second-order valence-electron chi connectivity index (χ2n) is 20.4. The van der Waals surface area contributed by atoms with Gasteiger partial charge in [0.2, 0.25) is 5.79 Å². The van der Waals surface area contributed by atoms with Crippen LogP contribution in [0.5, 0.6) is 5.75 Å². The minimum absolute atomic E-state index is 0.0857. The number of carbonyl (C=O) groups excluding carboxylic acids is 4. The van der Waals surface area contributed by atoms with Crippen LogP contribution >= 0.6 is 0 Å². The summed E-state index contributed by atoms with van der Waals surface area (Å²) in [4.78, 5) is 58.6. The molecule has 3 aliphatic heterocycles. The number of nitrogens with zero attached hydrogens (tertiary/aromatic N) is 2. The van der Waals surface area contributed by atoms with Gasteiger partial charge in [0.05, 0.1) is 18.3 Å². The van der Waals surface area contributed by atoms with E-state index in [1.54, 1.807) is 28.3 Å². The highest BCUT2D eigenvalue weighted by Crippen LogP contribution is 2.40. The van der Waals surface area contributed by atoms with Gasteiger partial charge < -0.3 is 43.0 Å². The minimum atomic E-state index is -2.47. The summed E-state index contributed by atoms with van der Waals surface area (Å²) in [5, 5.41) is 13.3. The lowest BCUT2D eigenvalue weighted by Crippen LogP contribution is -2.64. The fourth-order valence-corrected chi connectivity index (χ4v) is 11.4. The Morgan fingerprint density at radius 2 is 1.63 bits per heavy atom. The van der Waals surface area contributed by atoms with Crippen LogP contribution in [0.3, 0.4) is 0 Å². The van der Waals surface area contributed by atoms with E-state index in [2.05, 4.69) is 55.0 Å². The number of aliphatic hydroxyl groups is 1. The lowest BCUT2D eigenvalue weighted by molar-refractivity contribution is -0.302. The molecule has 13 nitrogen and oxygen atoms in total. The number of cyclic esters (lactones) is 1. The summed E-state index contributed by atoms with van der Waals surface area (Å²) in [6.45, 7) is 15.1. The molecular weight excluding hydrogens is 853 g/mol. The molecule has 2 saturated heterocycles. The van der Waals surface area contributed by atoms with E-state index in [4.69, 9.17) is 28.4 Å². The molecule has 4 heterocycles. The van der Waals surface area contributed by atoms with Crippen LogP contribution in [0.15, 0.2) is 53.8 Å². The SMILES string of the molecule is CCCn1ccc2cc(OC3CCC(C=C(C)C4OC(=O)C5CCCCN5C(=O)C(=O)C5(O)OC(C(OC)CC(C)C/C(C)=C/C(CC)C(=O)CCC4C)C(OC)CC5C)CC3OC)ccc21. The third-order valence-electron chi connectivity index (χ3n) is 15.2. The van der Waals surface area contributed by atoms with E-state index in [-0.39, 0.29) is 54.6 Å². The molecule has 13 heteroatoms. The number of ketones is 2. The monoisotopic (exact) mass is 933 g/mol. The third-order valence-corrected chi connectivity index (χ3v) is 15.2. The molecule has 1 amide bonds. The molecule has 1 aromatic carbocycles. The van der Waals surface area contributed by atoms with Gasteiger partial charge in [0.25, 0.3) is 11.7 Å². The fourth-order valence-electron chi connectivity index (χ4n) is 11.4. The van der Waals surface area contributed by atoms with E-state index in [9.17, 15) is 24.3 Å². The zero-order valence-electron chi connectivity index (χ0n) is 42.0. The first kappa shape index (κ1) is 52.5. The number of Topliss-reactive ketones (excluding diaryl/α,β-unsaturated/α-hetero) is 2. The second-order valence-corrected chi connectivity index (χ2v) is 20.4. The summed E-state index contributed by atoms with van der Waals surface area (Å²) < 4.78 is 39.6. The average Bonchev–Trinajstić information content (AvgIpc) is 3.72. The Kier molecular flexibility index (Phi) is 18.5. The molecule has 1 saturated carbocycles. The molecule has 2 bridgehead atoms. The molecular formula is C54H80N2O11. The number of benzene rings is 1. The Bertz CT molecular complexity index is 2080. The minimum Gasteiger partial charge on any atom is -0.488 e. The van der Waals surface area contributed by atoms with Crippen molar-refractivity contribution in [2.45, 2.75) is 187 Å². The molecule has 2 aromatic rings. The first-order valence-electron chi connectivity index (χ1n) is 25.2. The van der Waals surface area contributed by atoms with E-state index < -0.39 is 59.8 Å². The Morgan fingerprint density at radius 3 is 2.33 bits per heavy atom. The van der Waals surface area contributed by atoms with Crippen LogP contribution in [-0.4, -0.2) is 114 Å². The fraction of sp³-hybridized carbons (Fsp3) is 0.704. The van der Waals surface area contributed by atoms with E-state index in [0.717, 1.165) is 48.1 Å². The van der Waals surface area contributed by atoms with Crippen molar-refractivity contribution in [2.75, 3.05) is 27.9 Å². The summed E-state index contributed by atoms with van der Waals surface area (Å²) in [7, 11) is 4.84. The molecule has 1 aliphatic carbocycles. The van der Waals surface area contributed by atoms with Gasteiger partial charge in [-0.3, -0.25) is 14.4 Å². The smallest absolute Gasteiger partial charge is 0.329 e. The number of esters is 1. The molecule has 1 aromatic heterocycles. The van der Waals surface area contributed by atoms with E-state index in [1.807, 2.05) is 33.8 Å². The Hall–Kier alpha value is -3.88. The van der Waals surface area contributed by atoms with Gasteiger partial charge in [-0.25, -0.2) is 4.79 Å². The standard InChI is InChI=1S/C54H80N2O11/c1-11-23-55-25-22-40-32-41(18-19-42(40)55)65-45-21-17-38(31-46(45)62-8)29-36(6)49-35(5)16-20-44(57)39(12-2)27-33(3)26-34(4)28-47(63-9)50-48(64-10)30-37(7)54(61,67-50)51(58)52(59)56-24-14-13-15-43(56)53(60)66-49/h18-19,22,25,27,29,32,34-35,37-39,43,45-50,61H,11-17,20-21,23-24,26,28,30-31H2,1-10H3/b33-27+,36-29?. The highest BCUT2D eigenvalue weighted by atomic mass is 16.7. The highest BCUT2D eigenvalue weighted by molar-refractivity contribution is 6.39. The van der Waals surface area contributed by atoms with Crippen molar-refractivity contribution >= 4 is 34.3 Å². The summed E-state index contributed by atoms with van der Waals surface area (Å²) in [5.41, 5.74) is 3.13. The van der Waals surface area contributed by atoms with E-state index >= 15 is 0 Å². The first-order valence-corrected chi connectivity index (χ1v) is 25.2. The lowest BCUT2D eigenvalue weighted by Gasteiger charge is -2.47. The summed E-state index contributed by atoms with van der Waals surface area (Å²) in [6, 6.07) is 7.33. The molecule has 6 rings (SSSR count). The summed E-state index contributed by atoms with van der Waals surface area (Å²) in [6.07, 6.45) is 11.2. The maximum Gasteiger partial charge on any atom is 0.329 e. The largest absolute Gasteiger partial charge is 0.488 e. The number of methoxy groups -OCH3 is 3. The van der Waals surface area contributed by atoms with Crippen molar-refractivity contribution in [3.8, 4) is 5.75 Å². The number of piperidine rings is 1. The van der Waals surface area contributed by atoms with Crippen LogP contribution in [0, 0.1) is 29.6 Å². The zero-order valence-corrected chi connectivity index (χ0v) is 42.0. The molecule has 67 heavy (non-hydrogen) atoms. The van der Waals surface area contributed by atoms with E-state index in [1.165, 1.54) is 10.4 Å². The van der Waals surface area contributed by atoms with Crippen LogP contribution in [0.25, 0.3) is 10.9 Å². The number of aromatic nitrogens is 1. The van der Waals surface area contributed by atoms with Crippen LogP contribution in [0.2, 0.25) is 0 Å². The zero-order chi connectivity index (χ0) is 48.6. The number of hydrogen-bond acceptors (Lipinski definition) is 11. The Balaban J connectivity index is 1.27. The van der Waals surface area contributed by atoms with Crippen molar-refractivity contribution in [1.82, 2.24) is 9.47 Å². The molecule has 13 unspecified atom stereocenters. The molecule has 4 aliphatic rings. The summed E-state index contributed by atoms with van der Waals surface area (Å²) >= 11 is 0. The molecule has 3 fully saturated rings. The van der Waals surface area contributed by atoms with Crippen LogP contribution in [0.4, 0.5) is 0 Å². The topological polar surface area (TPSA) is 152 Å². The van der Waals surface area contributed by atoms with Gasteiger partial charge in [-0.15, -0.1) is 0 Å². The van der Waals surface area contributed by atoms with Crippen molar-refractivity contribution in [3.05, 3.63) is 53.8 Å². The first-order chi connectivity index (χ1) is 32.0. The van der Waals surface area contributed by atoms with Gasteiger partial charge in [-0.2, -0.15) is 0 Å². The number of ether oxygens (including phenoxy) is 6. The maximum absolute atomic E-state index is 14.6. The van der Waals surface area contributed by atoms with Crippen molar-refractivity contribution in [1.29, 1.82) is 0 Å². The number of hydrogen-bond donors (Lipinski definition) is 1. The van der Waals surface area contributed by atoms with E-state index in [0.29, 0.717) is 57.8 Å². The molecule has 372 valence electrons. The molecule has 1 N–H and O–H groups in total. The van der Waals surface area contributed by atoms with Gasteiger partial charge >= 0.3 is 5.97 Å². The number of carbonyl (C=O) groups is 4. The van der Waals surface area contributed by atoms with Crippen LogP contribution in [-0.2, 0) is 49.4 Å². The number of allylic oxidation sites excluding steroid dienone is 3. The highest BCUT2D eigenvalue weighted by Gasteiger charge is 2.56. The van der Waals surface area contributed by atoms with Gasteiger partial charge in [0, 0.05) is 69.8 Å². The van der Waals surface area contributed by atoms with Crippen LogP contribution in [0.1, 0.15) is 132 Å². The Morgan fingerprint density at radius 1 is 0.896 bits per heavy atom. The van der Waals surface area contributed by atoms with Gasteiger partial charge in [0.1, 0.15) is 35.9 Å². The maximum atomic E-state index is 14.6. The van der Waals surface area contributed by atoms with Crippen LogP contribution < -0.4 is 4.74 Å². The average molecular weight is 933 g/mol. The molecule has 0 spiro atoms. The number of aryl methyl sites for hydroxylation is 1. The number of rotatable bonds is 10. The second kappa shape index (κ2) is 23.6. The molecule has 13 atom stereocenters. The van der Waals surface area contributed by atoms with Crippen molar-refractivity contribution in [2.24, 2.45) is 29.6 Å². The number of fused-ring (bicyclic) bond motifs is 4. The normalized spacial score (nSPS) is 35.6. The van der Waals surface area contributed by atoms with Gasteiger partial charge in [-0.1, -0.05) is 52.3 Å².